The number of pyridine rings is 1. The van der Waals surface area contributed by atoms with Gasteiger partial charge in [-0.2, -0.15) is 0 Å². The van der Waals surface area contributed by atoms with Crippen LogP contribution in [0.4, 0.5) is 14.6 Å². The van der Waals surface area contributed by atoms with Gasteiger partial charge in [0, 0.05) is 18.3 Å². The fourth-order valence-corrected chi connectivity index (χ4v) is 3.06. The van der Waals surface area contributed by atoms with E-state index in [-0.39, 0.29) is 12.0 Å². The third-order valence-corrected chi connectivity index (χ3v) is 4.66. The lowest BCUT2D eigenvalue weighted by molar-refractivity contribution is -0.134. The number of carbonyl (C=O) groups is 2. The van der Waals surface area contributed by atoms with Crippen LogP contribution >= 0.6 is 0 Å². The number of methoxy groups -OCH3 is 1. The number of anilines is 1. The molecule has 2 aromatic rings. The quantitative estimate of drug-likeness (QED) is 0.294. The van der Waals surface area contributed by atoms with Crippen LogP contribution in [0.25, 0.3) is 5.57 Å². The number of benzene rings is 1. The number of aliphatic hydroxyl groups excluding tert-OH is 1. The zero-order chi connectivity index (χ0) is 23.7. The number of carbonyl (C=O) groups excluding carboxylic acids is 2. The average Bonchev–Trinajstić information content (AvgIpc) is 2.72. The molecule has 0 saturated heterocycles. The molecule has 0 aliphatic heterocycles. The van der Waals surface area contributed by atoms with Crippen LogP contribution in [0.1, 0.15) is 37.8 Å². The summed E-state index contributed by atoms with van der Waals surface area (Å²) >= 11 is 0. The normalized spacial score (nSPS) is 13.2. The van der Waals surface area contributed by atoms with Crippen LogP contribution < -0.4 is 10.6 Å². The molecule has 2 rings (SSSR count). The summed E-state index contributed by atoms with van der Waals surface area (Å²) in [7, 11) is 1.29. The molecule has 0 aliphatic rings. The summed E-state index contributed by atoms with van der Waals surface area (Å²) in [6.45, 7) is 3.64. The second-order valence-corrected chi connectivity index (χ2v) is 7.29. The van der Waals surface area contributed by atoms with E-state index in [1.54, 1.807) is 19.1 Å². The van der Waals surface area contributed by atoms with Crippen molar-refractivity contribution in [3.8, 4) is 0 Å². The van der Waals surface area contributed by atoms with Gasteiger partial charge in [0.15, 0.2) is 0 Å². The van der Waals surface area contributed by atoms with E-state index < -0.39 is 35.8 Å². The molecule has 0 bridgehead atoms. The number of hydrogen-bond acceptors (Lipinski definition) is 6. The summed E-state index contributed by atoms with van der Waals surface area (Å²) in [5.41, 5.74) is 1.57. The predicted octanol–water partition coefficient (Wildman–Crippen LogP) is 3.19. The molecule has 32 heavy (non-hydrogen) atoms. The lowest BCUT2D eigenvalue weighted by Gasteiger charge is -2.25. The minimum Gasteiger partial charge on any atom is -0.466 e. The highest BCUT2D eigenvalue weighted by Gasteiger charge is 2.21. The Morgan fingerprint density at radius 1 is 1.22 bits per heavy atom. The average molecular weight is 447 g/mol. The Morgan fingerprint density at radius 2 is 1.91 bits per heavy atom. The monoisotopic (exact) mass is 447 g/mol. The van der Waals surface area contributed by atoms with E-state index in [9.17, 15) is 23.5 Å². The van der Waals surface area contributed by atoms with Gasteiger partial charge in [0.05, 0.1) is 19.6 Å². The van der Waals surface area contributed by atoms with Gasteiger partial charge in [-0.3, -0.25) is 4.79 Å². The first-order valence-corrected chi connectivity index (χ1v) is 10.1. The molecule has 2 atom stereocenters. The van der Waals surface area contributed by atoms with Crippen molar-refractivity contribution in [2.24, 2.45) is 0 Å². The maximum absolute atomic E-state index is 13.3. The number of amides is 1. The van der Waals surface area contributed by atoms with Crippen molar-refractivity contribution >= 4 is 23.3 Å². The van der Waals surface area contributed by atoms with Crippen LogP contribution in [-0.2, 0) is 20.7 Å². The van der Waals surface area contributed by atoms with E-state index in [0.29, 0.717) is 29.8 Å². The Kier molecular flexibility index (Phi) is 9.27. The molecule has 2 unspecified atom stereocenters. The van der Waals surface area contributed by atoms with Gasteiger partial charge in [0.1, 0.15) is 23.7 Å². The first kappa shape index (κ1) is 24.9. The van der Waals surface area contributed by atoms with Gasteiger partial charge in [-0.15, -0.1) is 0 Å². The van der Waals surface area contributed by atoms with Gasteiger partial charge in [-0.1, -0.05) is 13.3 Å². The van der Waals surface area contributed by atoms with E-state index in [0.717, 1.165) is 18.2 Å². The van der Waals surface area contributed by atoms with E-state index in [1.165, 1.54) is 19.4 Å². The Bertz CT molecular complexity index is 944. The third-order valence-electron chi connectivity index (χ3n) is 4.66. The number of allylic oxidation sites excluding steroid dienone is 1. The van der Waals surface area contributed by atoms with Crippen LogP contribution in [0, 0.1) is 11.6 Å². The molecule has 0 saturated carbocycles. The number of hydrogen-bond donors (Lipinski definition) is 3. The van der Waals surface area contributed by atoms with Crippen LogP contribution in [0.15, 0.2) is 42.6 Å². The zero-order valence-electron chi connectivity index (χ0n) is 18.2. The fourth-order valence-electron chi connectivity index (χ4n) is 3.06. The molecule has 3 N–H and O–H groups in total. The number of halogens is 2. The minimum absolute atomic E-state index is 0.199. The molecular formula is C23H27F2N3O4. The van der Waals surface area contributed by atoms with Crippen LogP contribution in [0.3, 0.4) is 0 Å². The van der Waals surface area contributed by atoms with E-state index in [2.05, 4.69) is 20.4 Å². The van der Waals surface area contributed by atoms with Crippen LogP contribution in [0.5, 0.6) is 0 Å². The Balaban J connectivity index is 2.01. The Morgan fingerprint density at radius 3 is 2.47 bits per heavy atom. The van der Waals surface area contributed by atoms with Crippen molar-refractivity contribution in [2.45, 2.75) is 45.4 Å². The van der Waals surface area contributed by atoms with Crippen molar-refractivity contribution in [3.63, 3.8) is 0 Å². The predicted molar refractivity (Wildman–Crippen MR) is 116 cm³/mol. The molecule has 1 aromatic carbocycles. The molecule has 0 fully saturated rings. The number of esters is 1. The van der Waals surface area contributed by atoms with Gasteiger partial charge in [0.2, 0.25) is 5.91 Å². The molecule has 9 heteroatoms. The van der Waals surface area contributed by atoms with Gasteiger partial charge in [0.25, 0.3) is 0 Å². The SMILES string of the molecule is CCCC(NC(=O)Cc1cc(F)cc(F)c1)C(O)Nc1ccc(C(C)=CC(=O)OC)cn1. The second kappa shape index (κ2) is 11.9. The van der Waals surface area contributed by atoms with Gasteiger partial charge in [-0.25, -0.2) is 18.6 Å². The fraction of sp³-hybridized carbons (Fsp3) is 0.348. The van der Waals surface area contributed by atoms with Gasteiger partial charge < -0.3 is 20.5 Å². The standard InChI is InChI=1S/C23H27F2N3O4/c1-4-5-19(27-21(29)11-15-9-17(24)12-18(25)10-15)23(31)28-20-7-6-16(13-26-20)14(2)8-22(30)32-3/h6-10,12-13,19,23,31H,4-5,11H2,1-3H3,(H,26,28)(H,27,29). The first-order valence-electron chi connectivity index (χ1n) is 10.1. The maximum Gasteiger partial charge on any atom is 0.330 e. The summed E-state index contributed by atoms with van der Waals surface area (Å²) in [5, 5.41) is 16.1. The molecule has 0 aliphatic carbocycles. The molecule has 0 radical (unpaired) electrons. The van der Waals surface area contributed by atoms with E-state index >= 15 is 0 Å². The summed E-state index contributed by atoms with van der Waals surface area (Å²) < 4.78 is 31.3. The highest BCUT2D eigenvalue weighted by molar-refractivity contribution is 5.90. The van der Waals surface area contributed by atoms with Crippen molar-refractivity contribution < 1.29 is 28.2 Å². The number of rotatable bonds is 10. The Labute approximate surface area is 185 Å². The Hall–Kier alpha value is -3.33. The van der Waals surface area contributed by atoms with E-state index in [1.807, 2.05) is 6.92 Å². The number of ether oxygens (including phenoxy) is 1. The highest BCUT2D eigenvalue weighted by atomic mass is 19.1. The van der Waals surface area contributed by atoms with Gasteiger partial charge >= 0.3 is 5.97 Å². The zero-order valence-corrected chi connectivity index (χ0v) is 18.2. The van der Waals surface area contributed by atoms with Crippen molar-refractivity contribution in [1.29, 1.82) is 0 Å². The lowest BCUT2D eigenvalue weighted by Crippen LogP contribution is -2.47. The summed E-state index contributed by atoms with van der Waals surface area (Å²) in [5.74, 6) is -2.09. The van der Waals surface area contributed by atoms with Crippen molar-refractivity contribution in [1.82, 2.24) is 10.3 Å². The molecule has 7 nitrogen and oxygen atoms in total. The van der Waals surface area contributed by atoms with E-state index in [4.69, 9.17) is 0 Å². The first-order chi connectivity index (χ1) is 15.2. The number of nitrogens with one attached hydrogen (secondary N) is 2. The lowest BCUT2D eigenvalue weighted by atomic mass is 10.1. The molecule has 0 spiro atoms. The summed E-state index contributed by atoms with van der Waals surface area (Å²) in [6.07, 6.45) is 2.67. The molecule has 1 amide bonds. The summed E-state index contributed by atoms with van der Waals surface area (Å²) in [4.78, 5) is 27.9. The van der Waals surface area contributed by atoms with Crippen molar-refractivity contribution in [2.75, 3.05) is 12.4 Å². The highest BCUT2D eigenvalue weighted by Crippen LogP contribution is 2.16. The third kappa shape index (κ3) is 7.73. The van der Waals surface area contributed by atoms with Gasteiger partial charge in [-0.05, 0) is 54.3 Å². The summed E-state index contributed by atoms with van der Waals surface area (Å²) in [6, 6.07) is 5.63. The number of aromatic nitrogens is 1. The second-order valence-electron chi connectivity index (χ2n) is 7.29. The molecule has 1 aromatic heterocycles. The molecular weight excluding hydrogens is 420 g/mol. The molecule has 172 valence electrons. The van der Waals surface area contributed by atoms with Crippen LogP contribution in [0.2, 0.25) is 0 Å². The minimum atomic E-state index is -1.15. The number of aliphatic hydroxyl groups is 1. The van der Waals surface area contributed by atoms with Crippen LogP contribution in [-0.4, -0.2) is 41.3 Å². The maximum atomic E-state index is 13.3. The topological polar surface area (TPSA) is 101 Å². The van der Waals surface area contributed by atoms with Crippen molar-refractivity contribution in [3.05, 3.63) is 65.4 Å². The smallest absolute Gasteiger partial charge is 0.330 e. The largest absolute Gasteiger partial charge is 0.466 e. The number of nitrogens with zero attached hydrogens (tertiary/aromatic N) is 1. The molecule has 1 heterocycles.